The molecule has 0 aliphatic heterocycles. The number of nitrogens with one attached hydrogen (secondary N) is 3. The van der Waals surface area contributed by atoms with Gasteiger partial charge in [-0.1, -0.05) is 30.3 Å². The smallest absolute Gasteiger partial charge is 0.270 e. The SMILES string of the molecule is O=C(/C=C/c1cccc([N+](=O)[O-])c1)NC(=S)NNC(=O)c1ccccc1. The van der Waals surface area contributed by atoms with Crippen molar-refractivity contribution in [3.63, 3.8) is 0 Å². The molecule has 0 aliphatic rings. The fourth-order valence-corrected chi connectivity index (χ4v) is 2.03. The van der Waals surface area contributed by atoms with E-state index in [1.165, 1.54) is 30.4 Å². The van der Waals surface area contributed by atoms with Gasteiger partial charge in [-0.25, -0.2) is 0 Å². The maximum Gasteiger partial charge on any atom is 0.270 e. The van der Waals surface area contributed by atoms with E-state index in [-0.39, 0.29) is 10.8 Å². The van der Waals surface area contributed by atoms with Crippen molar-refractivity contribution in [2.75, 3.05) is 0 Å². The number of thiocarbonyl (C=S) groups is 1. The standard InChI is InChI=1S/C17H14N4O4S/c22-15(10-9-12-5-4-8-14(11-12)21(24)25)18-17(26)20-19-16(23)13-6-2-1-3-7-13/h1-11H,(H,19,23)(H2,18,20,22,26)/b10-9+. The number of hydrogen-bond donors (Lipinski definition) is 3. The third-order valence-electron chi connectivity index (χ3n) is 3.07. The first-order valence-corrected chi connectivity index (χ1v) is 7.75. The maximum atomic E-state index is 11.8. The van der Waals surface area contributed by atoms with Crippen molar-refractivity contribution in [3.05, 3.63) is 81.9 Å². The number of nitrogens with zero attached hydrogens (tertiary/aromatic N) is 1. The summed E-state index contributed by atoms with van der Waals surface area (Å²) in [6.07, 6.45) is 2.58. The van der Waals surface area contributed by atoms with Crippen molar-refractivity contribution >= 4 is 40.9 Å². The monoisotopic (exact) mass is 370 g/mol. The molecule has 0 heterocycles. The number of rotatable bonds is 4. The number of benzene rings is 2. The second-order valence-corrected chi connectivity index (χ2v) is 5.36. The first-order valence-electron chi connectivity index (χ1n) is 7.34. The van der Waals surface area contributed by atoms with Gasteiger partial charge in [0.15, 0.2) is 5.11 Å². The maximum absolute atomic E-state index is 11.8. The molecular formula is C17H14N4O4S. The number of nitro benzene ring substituents is 1. The Morgan fingerprint density at radius 3 is 2.46 bits per heavy atom. The Morgan fingerprint density at radius 1 is 1.04 bits per heavy atom. The molecule has 3 N–H and O–H groups in total. The Labute approximate surface area is 154 Å². The molecule has 0 aliphatic carbocycles. The molecule has 0 bridgehead atoms. The molecule has 0 atom stereocenters. The van der Waals surface area contributed by atoms with E-state index in [0.29, 0.717) is 11.1 Å². The number of nitro groups is 1. The van der Waals surface area contributed by atoms with E-state index in [9.17, 15) is 19.7 Å². The zero-order chi connectivity index (χ0) is 18.9. The van der Waals surface area contributed by atoms with E-state index < -0.39 is 16.7 Å². The third kappa shape index (κ3) is 5.80. The topological polar surface area (TPSA) is 113 Å². The van der Waals surface area contributed by atoms with Crippen LogP contribution in [0, 0.1) is 10.1 Å². The highest BCUT2D eigenvalue weighted by atomic mass is 32.1. The summed E-state index contributed by atoms with van der Waals surface area (Å²) in [5.74, 6) is -0.961. The molecule has 0 spiro atoms. The van der Waals surface area contributed by atoms with Gasteiger partial charge < -0.3 is 0 Å². The van der Waals surface area contributed by atoms with Gasteiger partial charge >= 0.3 is 0 Å². The summed E-state index contributed by atoms with van der Waals surface area (Å²) in [5, 5.41) is 13.0. The summed E-state index contributed by atoms with van der Waals surface area (Å²) < 4.78 is 0. The van der Waals surface area contributed by atoms with Crippen molar-refractivity contribution in [2.45, 2.75) is 0 Å². The summed E-state index contributed by atoms with van der Waals surface area (Å²) >= 11 is 4.90. The Hall–Kier alpha value is -3.59. The van der Waals surface area contributed by atoms with E-state index in [1.54, 1.807) is 36.4 Å². The predicted molar refractivity (Wildman–Crippen MR) is 99.9 cm³/mol. The minimum absolute atomic E-state index is 0.0756. The highest BCUT2D eigenvalue weighted by molar-refractivity contribution is 7.80. The molecule has 0 fully saturated rings. The number of non-ortho nitro benzene ring substituents is 1. The summed E-state index contributed by atoms with van der Waals surface area (Å²) in [6, 6.07) is 14.3. The largest absolute Gasteiger partial charge is 0.298 e. The van der Waals surface area contributed by atoms with Crippen LogP contribution in [0.15, 0.2) is 60.7 Å². The van der Waals surface area contributed by atoms with Gasteiger partial charge in [0.2, 0.25) is 5.91 Å². The fourth-order valence-electron chi connectivity index (χ4n) is 1.87. The third-order valence-corrected chi connectivity index (χ3v) is 3.27. The number of carbonyl (C=O) groups is 2. The van der Waals surface area contributed by atoms with Gasteiger partial charge in [-0.15, -0.1) is 0 Å². The Kier molecular flexibility index (Phi) is 6.52. The molecule has 0 radical (unpaired) electrons. The minimum Gasteiger partial charge on any atom is -0.298 e. The highest BCUT2D eigenvalue weighted by Gasteiger charge is 2.06. The van der Waals surface area contributed by atoms with Crippen LogP contribution in [-0.4, -0.2) is 21.9 Å². The lowest BCUT2D eigenvalue weighted by atomic mass is 10.2. The first kappa shape index (κ1) is 18.7. The van der Waals surface area contributed by atoms with Crippen LogP contribution >= 0.6 is 12.2 Å². The van der Waals surface area contributed by atoms with Gasteiger partial charge in [0.25, 0.3) is 11.6 Å². The number of carbonyl (C=O) groups excluding carboxylic acids is 2. The second-order valence-electron chi connectivity index (χ2n) is 4.95. The Bertz CT molecular complexity index is 868. The lowest BCUT2D eigenvalue weighted by molar-refractivity contribution is -0.384. The molecule has 0 saturated heterocycles. The quantitative estimate of drug-likeness (QED) is 0.328. The van der Waals surface area contributed by atoms with E-state index in [4.69, 9.17) is 12.2 Å². The molecule has 26 heavy (non-hydrogen) atoms. The number of hydrazine groups is 1. The van der Waals surface area contributed by atoms with Crippen molar-refractivity contribution < 1.29 is 14.5 Å². The lowest BCUT2D eigenvalue weighted by Crippen LogP contribution is -2.48. The molecule has 0 saturated carbocycles. The van der Waals surface area contributed by atoms with Crippen molar-refractivity contribution in [3.8, 4) is 0 Å². The van der Waals surface area contributed by atoms with Crippen molar-refractivity contribution in [1.82, 2.24) is 16.2 Å². The number of amides is 2. The average molecular weight is 370 g/mol. The van der Waals surface area contributed by atoms with Crippen LogP contribution in [0.4, 0.5) is 5.69 Å². The molecule has 0 aromatic heterocycles. The highest BCUT2D eigenvalue weighted by Crippen LogP contribution is 2.13. The lowest BCUT2D eigenvalue weighted by Gasteiger charge is -2.09. The van der Waals surface area contributed by atoms with Gasteiger partial charge in [0, 0.05) is 23.8 Å². The Morgan fingerprint density at radius 2 is 1.77 bits per heavy atom. The fraction of sp³-hybridized carbons (Fsp3) is 0. The summed E-state index contributed by atoms with van der Waals surface area (Å²) in [4.78, 5) is 33.8. The molecule has 9 heteroatoms. The molecule has 2 rings (SSSR count). The van der Waals surface area contributed by atoms with Crippen LogP contribution in [0.3, 0.4) is 0 Å². The summed E-state index contributed by atoms with van der Waals surface area (Å²) in [7, 11) is 0. The van der Waals surface area contributed by atoms with Crippen molar-refractivity contribution in [2.24, 2.45) is 0 Å². The zero-order valence-corrected chi connectivity index (χ0v) is 14.2. The summed E-state index contributed by atoms with van der Waals surface area (Å²) in [5.41, 5.74) is 5.61. The number of hydrogen-bond acceptors (Lipinski definition) is 5. The van der Waals surface area contributed by atoms with Crippen LogP contribution in [0.25, 0.3) is 6.08 Å². The van der Waals surface area contributed by atoms with Crippen molar-refractivity contribution in [1.29, 1.82) is 0 Å². The molecule has 2 amide bonds. The summed E-state index contributed by atoms with van der Waals surface area (Å²) in [6.45, 7) is 0. The van der Waals surface area contributed by atoms with E-state index >= 15 is 0 Å². The second kappa shape index (κ2) is 9.04. The Balaban J connectivity index is 1.83. The van der Waals surface area contributed by atoms with E-state index in [1.807, 2.05) is 0 Å². The van der Waals surface area contributed by atoms with Gasteiger partial charge in [-0.05, 0) is 36.0 Å². The molecule has 2 aromatic carbocycles. The zero-order valence-electron chi connectivity index (χ0n) is 13.3. The van der Waals surface area contributed by atoms with Crippen LogP contribution in [0.2, 0.25) is 0 Å². The van der Waals surface area contributed by atoms with Crippen LogP contribution in [0.1, 0.15) is 15.9 Å². The van der Waals surface area contributed by atoms with Gasteiger partial charge in [-0.3, -0.25) is 35.9 Å². The van der Waals surface area contributed by atoms with Crippen LogP contribution in [-0.2, 0) is 4.79 Å². The molecule has 2 aromatic rings. The minimum atomic E-state index is -0.553. The van der Waals surface area contributed by atoms with Gasteiger partial charge in [0.1, 0.15) is 0 Å². The van der Waals surface area contributed by atoms with Crippen LogP contribution < -0.4 is 16.2 Å². The van der Waals surface area contributed by atoms with Crippen LogP contribution in [0.5, 0.6) is 0 Å². The van der Waals surface area contributed by atoms with Gasteiger partial charge in [-0.2, -0.15) is 0 Å². The molecule has 8 nitrogen and oxygen atoms in total. The first-order chi connectivity index (χ1) is 12.5. The van der Waals surface area contributed by atoms with E-state index in [2.05, 4.69) is 16.2 Å². The normalized spacial score (nSPS) is 10.2. The van der Waals surface area contributed by atoms with Gasteiger partial charge in [0.05, 0.1) is 4.92 Å². The predicted octanol–water partition coefficient (Wildman–Crippen LogP) is 1.94. The average Bonchev–Trinajstić information content (AvgIpc) is 2.65. The van der Waals surface area contributed by atoms with E-state index in [0.717, 1.165) is 0 Å². The molecular weight excluding hydrogens is 356 g/mol. The molecule has 132 valence electrons. The molecule has 0 unspecified atom stereocenters.